The number of hydrogen-bond acceptors (Lipinski definition) is 5. The number of hydrogen-bond donors (Lipinski definition) is 0. The molecule has 116 valence electrons. The Morgan fingerprint density at radius 1 is 1.22 bits per heavy atom. The van der Waals surface area contributed by atoms with Crippen LogP contribution in [-0.2, 0) is 0 Å². The van der Waals surface area contributed by atoms with E-state index in [1.807, 2.05) is 40.6 Å². The molecule has 4 rings (SSSR count). The number of amides is 1. The quantitative estimate of drug-likeness (QED) is 0.712. The molecule has 3 heterocycles. The highest BCUT2D eigenvalue weighted by molar-refractivity contribution is 7.99. The zero-order valence-corrected chi connectivity index (χ0v) is 13.8. The van der Waals surface area contributed by atoms with Crippen LogP contribution in [-0.4, -0.2) is 28.3 Å². The minimum Gasteiger partial charge on any atom is -0.355 e. The average Bonchev–Trinajstić information content (AvgIpc) is 3.35. The molecule has 1 unspecified atom stereocenters. The molecular weight excluding hydrogens is 328 g/mol. The van der Waals surface area contributed by atoms with E-state index < -0.39 is 0 Å². The fourth-order valence-corrected chi connectivity index (χ4v) is 4.56. The Morgan fingerprint density at radius 3 is 2.87 bits per heavy atom. The molecule has 6 heteroatoms. The molecule has 23 heavy (non-hydrogen) atoms. The molecule has 0 bridgehead atoms. The van der Waals surface area contributed by atoms with Gasteiger partial charge in [0.2, 0.25) is 0 Å². The van der Waals surface area contributed by atoms with Crippen LogP contribution in [0.5, 0.6) is 0 Å². The van der Waals surface area contributed by atoms with Gasteiger partial charge in [0.25, 0.3) is 5.91 Å². The smallest absolute Gasteiger partial charge is 0.277 e. The Kier molecular flexibility index (Phi) is 3.93. The van der Waals surface area contributed by atoms with Crippen LogP contribution in [0.25, 0.3) is 10.6 Å². The summed E-state index contributed by atoms with van der Waals surface area (Å²) in [5.74, 6) is 1.50. The fraction of sp³-hybridized carbons (Fsp3) is 0.176. The minimum absolute atomic E-state index is 0.0468. The van der Waals surface area contributed by atoms with Crippen LogP contribution in [0.1, 0.15) is 21.4 Å². The first kappa shape index (κ1) is 14.5. The fourth-order valence-electron chi connectivity index (χ4n) is 2.63. The van der Waals surface area contributed by atoms with Crippen LogP contribution in [0.2, 0.25) is 0 Å². The molecular formula is C17H14N2O2S2. The van der Waals surface area contributed by atoms with Crippen molar-refractivity contribution in [2.75, 3.05) is 12.3 Å². The summed E-state index contributed by atoms with van der Waals surface area (Å²) in [7, 11) is 0. The lowest BCUT2D eigenvalue weighted by Crippen LogP contribution is -2.30. The molecule has 1 amide bonds. The van der Waals surface area contributed by atoms with E-state index in [9.17, 15) is 4.79 Å². The van der Waals surface area contributed by atoms with Crippen LogP contribution in [0, 0.1) is 0 Å². The summed E-state index contributed by atoms with van der Waals surface area (Å²) in [6.07, 6.45) is 0. The summed E-state index contributed by atoms with van der Waals surface area (Å²) in [5, 5.41) is 6.00. The van der Waals surface area contributed by atoms with Gasteiger partial charge in [-0.2, -0.15) is 0 Å². The zero-order valence-electron chi connectivity index (χ0n) is 12.2. The first-order chi connectivity index (χ1) is 11.3. The lowest BCUT2D eigenvalue weighted by Gasteiger charge is -2.23. The third kappa shape index (κ3) is 2.80. The number of carbonyl (C=O) groups excluding carboxylic acids is 1. The largest absolute Gasteiger partial charge is 0.355 e. The van der Waals surface area contributed by atoms with E-state index in [2.05, 4.69) is 17.3 Å². The van der Waals surface area contributed by atoms with E-state index >= 15 is 0 Å². The molecule has 0 radical (unpaired) electrons. The number of benzene rings is 1. The molecule has 4 nitrogen and oxygen atoms in total. The molecule has 0 spiro atoms. The SMILES string of the molecule is O=C(c1cc(-c2cccs2)on1)N1CCSC1c1ccccc1. The maximum absolute atomic E-state index is 12.8. The molecule has 0 N–H and O–H groups in total. The van der Waals surface area contributed by atoms with Crippen LogP contribution >= 0.6 is 23.1 Å². The van der Waals surface area contributed by atoms with Crippen molar-refractivity contribution < 1.29 is 9.32 Å². The average molecular weight is 342 g/mol. The number of carbonyl (C=O) groups is 1. The van der Waals surface area contributed by atoms with Gasteiger partial charge in [0.15, 0.2) is 11.5 Å². The van der Waals surface area contributed by atoms with Crippen molar-refractivity contribution >= 4 is 29.0 Å². The Labute approximate surface area is 142 Å². The molecule has 1 aliphatic rings. The summed E-state index contributed by atoms with van der Waals surface area (Å²) >= 11 is 3.35. The number of aromatic nitrogens is 1. The predicted molar refractivity (Wildman–Crippen MR) is 92.5 cm³/mol. The number of thiophene rings is 1. The molecule has 1 atom stereocenters. The van der Waals surface area contributed by atoms with Gasteiger partial charge < -0.3 is 9.42 Å². The number of rotatable bonds is 3. The van der Waals surface area contributed by atoms with Crippen LogP contribution < -0.4 is 0 Å². The van der Waals surface area contributed by atoms with Gasteiger partial charge in [0.1, 0.15) is 5.37 Å². The van der Waals surface area contributed by atoms with Crippen molar-refractivity contribution in [3.05, 3.63) is 65.2 Å². The summed E-state index contributed by atoms with van der Waals surface area (Å²) < 4.78 is 5.34. The second-order valence-electron chi connectivity index (χ2n) is 5.19. The van der Waals surface area contributed by atoms with E-state index in [0.717, 1.165) is 22.7 Å². The molecule has 1 saturated heterocycles. The third-order valence-electron chi connectivity index (χ3n) is 3.73. The van der Waals surface area contributed by atoms with Crippen LogP contribution in [0.15, 0.2) is 58.4 Å². The highest BCUT2D eigenvalue weighted by Crippen LogP contribution is 2.38. The van der Waals surface area contributed by atoms with E-state index in [1.165, 1.54) is 0 Å². The van der Waals surface area contributed by atoms with E-state index in [4.69, 9.17) is 4.52 Å². The monoisotopic (exact) mass is 342 g/mol. The highest BCUT2D eigenvalue weighted by atomic mass is 32.2. The first-order valence-electron chi connectivity index (χ1n) is 7.31. The van der Waals surface area contributed by atoms with E-state index in [0.29, 0.717) is 11.5 Å². The van der Waals surface area contributed by atoms with E-state index in [1.54, 1.807) is 29.2 Å². The molecule has 0 saturated carbocycles. The Hall–Kier alpha value is -2.05. The second kappa shape index (κ2) is 6.22. The number of nitrogens with zero attached hydrogens (tertiary/aromatic N) is 2. The van der Waals surface area contributed by atoms with Gasteiger partial charge in [-0.25, -0.2) is 0 Å². The Balaban J connectivity index is 1.59. The van der Waals surface area contributed by atoms with Crippen molar-refractivity contribution in [2.24, 2.45) is 0 Å². The summed E-state index contributed by atoms with van der Waals surface area (Å²) in [6, 6.07) is 15.7. The van der Waals surface area contributed by atoms with Gasteiger partial charge in [-0.05, 0) is 17.0 Å². The second-order valence-corrected chi connectivity index (χ2v) is 7.32. The maximum atomic E-state index is 12.8. The van der Waals surface area contributed by atoms with Crippen molar-refractivity contribution in [3.8, 4) is 10.6 Å². The topological polar surface area (TPSA) is 46.3 Å². The maximum Gasteiger partial charge on any atom is 0.277 e. The van der Waals surface area contributed by atoms with Gasteiger partial charge >= 0.3 is 0 Å². The first-order valence-corrected chi connectivity index (χ1v) is 9.24. The lowest BCUT2D eigenvalue weighted by molar-refractivity contribution is 0.0750. The van der Waals surface area contributed by atoms with Crippen molar-refractivity contribution in [1.82, 2.24) is 10.1 Å². The normalized spacial score (nSPS) is 17.6. The zero-order chi connectivity index (χ0) is 15.6. The number of thioether (sulfide) groups is 1. The summed E-state index contributed by atoms with van der Waals surface area (Å²) in [4.78, 5) is 15.7. The van der Waals surface area contributed by atoms with Gasteiger partial charge in [-0.15, -0.1) is 23.1 Å². The lowest BCUT2D eigenvalue weighted by atomic mass is 10.2. The van der Waals surface area contributed by atoms with Gasteiger partial charge in [0.05, 0.1) is 4.88 Å². The Bertz CT molecular complexity index is 799. The minimum atomic E-state index is -0.0737. The molecule has 1 aliphatic heterocycles. The Morgan fingerprint density at radius 2 is 2.09 bits per heavy atom. The van der Waals surface area contributed by atoms with Gasteiger partial charge in [-0.1, -0.05) is 41.6 Å². The molecule has 3 aromatic rings. The molecule has 1 aromatic carbocycles. The van der Waals surface area contributed by atoms with Gasteiger partial charge in [0, 0.05) is 18.4 Å². The third-order valence-corrected chi connectivity index (χ3v) is 5.87. The summed E-state index contributed by atoms with van der Waals surface area (Å²) in [6.45, 7) is 0.726. The molecule has 2 aromatic heterocycles. The molecule has 1 fully saturated rings. The van der Waals surface area contributed by atoms with E-state index in [-0.39, 0.29) is 11.3 Å². The highest BCUT2D eigenvalue weighted by Gasteiger charge is 2.32. The van der Waals surface area contributed by atoms with Crippen molar-refractivity contribution in [2.45, 2.75) is 5.37 Å². The predicted octanol–water partition coefficient (Wildman–Crippen LogP) is 4.29. The van der Waals surface area contributed by atoms with Crippen molar-refractivity contribution in [3.63, 3.8) is 0 Å². The van der Waals surface area contributed by atoms with Crippen LogP contribution in [0.4, 0.5) is 0 Å². The van der Waals surface area contributed by atoms with Gasteiger partial charge in [-0.3, -0.25) is 4.79 Å². The summed E-state index contributed by atoms with van der Waals surface area (Å²) in [5.41, 5.74) is 1.52. The van der Waals surface area contributed by atoms with Crippen molar-refractivity contribution in [1.29, 1.82) is 0 Å². The standard InChI is InChI=1S/C17H14N2O2S2/c20-16(13-11-14(21-18-13)15-7-4-9-22-15)19-8-10-23-17(19)12-5-2-1-3-6-12/h1-7,9,11,17H,8,10H2. The van der Waals surface area contributed by atoms with Crippen LogP contribution in [0.3, 0.4) is 0 Å². The molecule has 0 aliphatic carbocycles.